The molecule has 0 aliphatic carbocycles. The first-order valence-corrected chi connectivity index (χ1v) is 5.95. The Kier molecular flexibility index (Phi) is 3.95. The second kappa shape index (κ2) is 5.83. The van der Waals surface area contributed by atoms with Crippen molar-refractivity contribution in [2.45, 2.75) is 6.54 Å². The minimum atomic E-state index is -0.499. The predicted octanol–water partition coefficient (Wildman–Crippen LogP) is -0.625. The normalized spacial score (nSPS) is 10.8. The summed E-state index contributed by atoms with van der Waals surface area (Å²) in [5.74, 6) is -0.517. The summed E-state index contributed by atoms with van der Waals surface area (Å²) < 4.78 is 0. The molecule has 0 spiro atoms. The summed E-state index contributed by atoms with van der Waals surface area (Å²) in [7, 11) is 0. The van der Waals surface area contributed by atoms with Crippen molar-refractivity contribution < 1.29 is 9.72 Å². The van der Waals surface area contributed by atoms with Gasteiger partial charge in [-0.2, -0.15) is 9.90 Å². The van der Waals surface area contributed by atoms with E-state index in [9.17, 15) is 14.9 Å². The first-order valence-electron chi connectivity index (χ1n) is 5.14. The molecule has 1 amide bonds. The molecule has 12 heteroatoms. The molecule has 0 fully saturated rings. The highest BCUT2D eigenvalue weighted by Gasteiger charge is 2.08. The van der Waals surface area contributed by atoms with Gasteiger partial charge in [0.1, 0.15) is 6.54 Å². The van der Waals surface area contributed by atoms with Crippen LogP contribution in [0.2, 0.25) is 0 Å². The van der Waals surface area contributed by atoms with Gasteiger partial charge in [0, 0.05) is 6.07 Å². The third kappa shape index (κ3) is 3.55. The molecule has 11 nitrogen and oxygen atoms in total. The van der Waals surface area contributed by atoms with Gasteiger partial charge in [-0.25, -0.2) is 5.43 Å². The maximum Gasteiger partial charge on any atom is 0.324 e. The van der Waals surface area contributed by atoms with Crippen LogP contribution in [0.1, 0.15) is 4.88 Å². The van der Waals surface area contributed by atoms with Crippen LogP contribution in [0.3, 0.4) is 0 Å². The molecule has 0 radical (unpaired) electrons. The number of hydrazone groups is 1. The number of thiophene rings is 1. The summed E-state index contributed by atoms with van der Waals surface area (Å²) in [6, 6.07) is 2.88. The molecule has 0 saturated carbocycles. The van der Waals surface area contributed by atoms with E-state index in [1.807, 2.05) is 0 Å². The number of nitro groups is 1. The molecular formula is C8H8N8O3S. The predicted molar refractivity (Wildman–Crippen MR) is 68.9 cm³/mol. The van der Waals surface area contributed by atoms with Crippen molar-refractivity contribution in [1.82, 2.24) is 25.6 Å². The lowest BCUT2D eigenvalue weighted by Gasteiger charge is -1.96. The molecule has 2 heterocycles. The highest BCUT2D eigenvalue weighted by atomic mass is 32.1. The molecule has 104 valence electrons. The Bertz CT molecular complexity index is 662. The molecule has 2 aromatic heterocycles. The van der Waals surface area contributed by atoms with Gasteiger partial charge < -0.3 is 5.73 Å². The molecule has 0 aliphatic heterocycles. The van der Waals surface area contributed by atoms with Crippen LogP contribution in [0, 0.1) is 10.1 Å². The van der Waals surface area contributed by atoms with Crippen molar-refractivity contribution >= 4 is 34.4 Å². The van der Waals surface area contributed by atoms with Crippen LogP contribution in [-0.4, -0.2) is 37.3 Å². The van der Waals surface area contributed by atoms with Gasteiger partial charge in [0.2, 0.25) is 0 Å². The third-order valence-electron chi connectivity index (χ3n) is 1.93. The average Bonchev–Trinajstić information content (AvgIpc) is 2.99. The molecule has 0 aliphatic rings. The van der Waals surface area contributed by atoms with E-state index in [2.05, 4.69) is 25.9 Å². The van der Waals surface area contributed by atoms with E-state index < -0.39 is 10.8 Å². The molecular weight excluding hydrogens is 288 g/mol. The zero-order valence-corrected chi connectivity index (χ0v) is 10.6. The molecule has 2 aromatic rings. The number of rotatable bonds is 5. The summed E-state index contributed by atoms with van der Waals surface area (Å²) in [6.07, 6.45) is 1.30. The number of nitrogens with zero attached hydrogens (tertiary/aromatic N) is 6. The third-order valence-corrected chi connectivity index (χ3v) is 2.90. The topological polar surface area (TPSA) is 154 Å². The van der Waals surface area contributed by atoms with E-state index in [4.69, 9.17) is 5.73 Å². The lowest BCUT2D eigenvalue weighted by Crippen LogP contribution is -2.24. The van der Waals surface area contributed by atoms with Crippen molar-refractivity contribution in [2.24, 2.45) is 5.10 Å². The first kappa shape index (κ1) is 13.5. The van der Waals surface area contributed by atoms with Gasteiger partial charge in [0.15, 0.2) is 0 Å². The van der Waals surface area contributed by atoms with Crippen molar-refractivity contribution in [1.29, 1.82) is 0 Å². The summed E-state index contributed by atoms with van der Waals surface area (Å²) in [4.78, 5) is 22.9. The number of nitrogens with two attached hydrogens (primary N) is 1. The van der Waals surface area contributed by atoms with Crippen LogP contribution in [0.25, 0.3) is 0 Å². The molecule has 2 rings (SSSR count). The molecule has 0 aromatic carbocycles. The highest BCUT2D eigenvalue weighted by molar-refractivity contribution is 7.16. The van der Waals surface area contributed by atoms with E-state index in [-0.39, 0.29) is 17.5 Å². The lowest BCUT2D eigenvalue weighted by molar-refractivity contribution is -0.380. The molecule has 0 unspecified atom stereocenters. The van der Waals surface area contributed by atoms with Gasteiger partial charge in [-0.1, -0.05) is 16.4 Å². The Morgan fingerprint density at radius 2 is 2.45 bits per heavy atom. The fourth-order valence-corrected chi connectivity index (χ4v) is 1.86. The van der Waals surface area contributed by atoms with Gasteiger partial charge >= 0.3 is 5.00 Å². The van der Waals surface area contributed by atoms with Gasteiger partial charge in [0.05, 0.1) is 16.0 Å². The quantitative estimate of drug-likeness (QED) is 0.423. The Morgan fingerprint density at radius 1 is 1.65 bits per heavy atom. The minimum absolute atomic E-state index is 0.0000622. The average molecular weight is 296 g/mol. The number of amides is 1. The summed E-state index contributed by atoms with van der Waals surface area (Å²) in [5.41, 5.74) is 7.46. The highest BCUT2D eigenvalue weighted by Crippen LogP contribution is 2.22. The van der Waals surface area contributed by atoms with E-state index in [0.29, 0.717) is 4.88 Å². The SMILES string of the molecule is Nc1nnn(CC(=O)N/N=C/c2ccc([N+](=O)[O-])s2)n1. The number of tetrazole rings is 1. The number of hydrogen-bond donors (Lipinski definition) is 2. The Hall–Kier alpha value is -2.89. The number of carbonyl (C=O) groups is 1. The van der Waals surface area contributed by atoms with Crippen LogP contribution in [0.5, 0.6) is 0 Å². The zero-order valence-electron chi connectivity index (χ0n) is 9.83. The van der Waals surface area contributed by atoms with Crippen LogP contribution in [0.15, 0.2) is 17.2 Å². The molecule has 0 bridgehead atoms. The number of anilines is 1. The Balaban J connectivity index is 1.86. The molecule has 20 heavy (non-hydrogen) atoms. The van der Waals surface area contributed by atoms with Gasteiger partial charge in [-0.05, 0) is 11.3 Å². The monoisotopic (exact) mass is 296 g/mol. The van der Waals surface area contributed by atoms with E-state index in [1.165, 1.54) is 18.3 Å². The number of carbonyl (C=O) groups excluding carboxylic acids is 1. The van der Waals surface area contributed by atoms with Crippen LogP contribution in [0.4, 0.5) is 10.9 Å². The smallest absolute Gasteiger partial charge is 0.324 e. The standard InChI is InChI=1S/C8H8N8O3S/c9-8-12-14-15(13-8)4-6(17)11-10-3-5-1-2-7(20-5)16(18)19/h1-3H,4H2,(H2,9,13)(H,11,17)/b10-3+. The molecule has 0 saturated heterocycles. The van der Waals surface area contributed by atoms with Crippen molar-refractivity contribution in [3.05, 3.63) is 27.1 Å². The van der Waals surface area contributed by atoms with Crippen LogP contribution in [-0.2, 0) is 11.3 Å². The number of hydrogen-bond acceptors (Lipinski definition) is 9. The minimum Gasteiger partial charge on any atom is -0.365 e. The number of nitrogen functional groups attached to an aromatic ring is 1. The fourth-order valence-electron chi connectivity index (χ4n) is 1.16. The number of nitrogens with one attached hydrogen (secondary N) is 1. The van der Waals surface area contributed by atoms with Gasteiger partial charge in [-0.15, -0.1) is 5.10 Å². The molecule has 3 N–H and O–H groups in total. The summed E-state index contributed by atoms with van der Waals surface area (Å²) in [6.45, 7) is -0.188. The van der Waals surface area contributed by atoms with Crippen LogP contribution < -0.4 is 11.2 Å². The van der Waals surface area contributed by atoms with Crippen LogP contribution >= 0.6 is 11.3 Å². The van der Waals surface area contributed by atoms with E-state index >= 15 is 0 Å². The van der Waals surface area contributed by atoms with Gasteiger partial charge in [-0.3, -0.25) is 14.9 Å². The van der Waals surface area contributed by atoms with E-state index in [0.717, 1.165) is 16.1 Å². The lowest BCUT2D eigenvalue weighted by atomic mass is 10.5. The largest absolute Gasteiger partial charge is 0.365 e. The zero-order chi connectivity index (χ0) is 14.5. The van der Waals surface area contributed by atoms with Crippen molar-refractivity contribution in [2.75, 3.05) is 5.73 Å². The second-order valence-electron chi connectivity index (χ2n) is 3.40. The maximum absolute atomic E-state index is 11.4. The first-order chi connectivity index (χ1) is 9.54. The van der Waals surface area contributed by atoms with E-state index in [1.54, 1.807) is 0 Å². The maximum atomic E-state index is 11.4. The summed E-state index contributed by atoms with van der Waals surface area (Å²) >= 11 is 0.944. The van der Waals surface area contributed by atoms with Crippen molar-refractivity contribution in [3.8, 4) is 0 Å². The second-order valence-corrected chi connectivity index (χ2v) is 4.50. The Morgan fingerprint density at radius 3 is 3.05 bits per heavy atom. The fraction of sp³-hybridized carbons (Fsp3) is 0.125. The van der Waals surface area contributed by atoms with Crippen molar-refractivity contribution in [3.63, 3.8) is 0 Å². The summed E-state index contributed by atoms with van der Waals surface area (Å²) in [5, 5.41) is 24.7. The molecule has 0 atom stereocenters. The Labute approximate surface area is 115 Å². The van der Waals surface area contributed by atoms with Gasteiger partial charge in [0.25, 0.3) is 11.9 Å². The number of aromatic nitrogens is 4.